The Morgan fingerprint density at radius 2 is 1.76 bits per heavy atom. The van der Waals surface area contributed by atoms with Crippen molar-refractivity contribution in [2.45, 2.75) is 45.4 Å². The lowest BCUT2D eigenvalue weighted by Crippen LogP contribution is -2.32. The Hall–Kier alpha value is -1.07. The molecule has 0 heterocycles. The Bertz CT molecular complexity index is 511. The average Bonchev–Trinajstić information content (AvgIpc) is 2.47. The van der Waals surface area contributed by atoms with E-state index in [1.54, 1.807) is 6.92 Å². The third kappa shape index (κ3) is 5.32. The summed E-state index contributed by atoms with van der Waals surface area (Å²) in [4.78, 5) is 0. The van der Waals surface area contributed by atoms with E-state index in [9.17, 15) is 8.42 Å². The second kappa shape index (κ2) is 8.39. The van der Waals surface area contributed by atoms with Crippen molar-refractivity contribution in [2.75, 3.05) is 18.9 Å². The fraction of sp³-hybridized carbons (Fsp3) is 0.625. The van der Waals surface area contributed by atoms with Crippen molar-refractivity contribution in [3.63, 3.8) is 0 Å². The second-order valence-corrected chi connectivity index (χ2v) is 7.62. The number of hydrogen-bond donors (Lipinski definition) is 1. The van der Waals surface area contributed by atoms with Gasteiger partial charge in [0.25, 0.3) is 0 Å². The first-order valence-electron chi connectivity index (χ1n) is 7.62. The molecule has 120 valence electrons. The highest BCUT2D eigenvalue weighted by molar-refractivity contribution is 7.92. The van der Waals surface area contributed by atoms with Crippen molar-refractivity contribution < 1.29 is 13.2 Å². The van der Waals surface area contributed by atoms with Crippen LogP contribution in [0.4, 0.5) is 0 Å². The first kappa shape index (κ1) is 18.0. The van der Waals surface area contributed by atoms with Crippen molar-refractivity contribution in [1.82, 2.24) is 5.32 Å². The summed E-state index contributed by atoms with van der Waals surface area (Å²) in [5.74, 6) is 0.936. The first-order chi connectivity index (χ1) is 9.94. The second-order valence-electron chi connectivity index (χ2n) is 5.16. The normalized spacial score (nSPS) is 14.7. The Morgan fingerprint density at radius 1 is 1.14 bits per heavy atom. The molecule has 0 saturated carbocycles. The highest BCUT2D eigenvalue weighted by atomic mass is 32.2. The topological polar surface area (TPSA) is 55.4 Å². The molecule has 2 unspecified atom stereocenters. The van der Waals surface area contributed by atoms with E-state index < -0.39 is 9.84 Å². The zero-order chi connectivity index (χ0) is 15.9. The lowest BCUT2D eigenvalue weighted by Gasteiger charge is -2.21. The molecule has 5 heteroatoms. The van der Waals surface area contributed by atoms with Crippen LogP contribution in [0.1, 0.15) is 45.7 Å². The van der Waals surface area contributed by atoms with E-state index in [0.717, 1.165) is 17.9 Å². The molecule has 0 bridgehead atoms. The van der Waals surface area contributed by atoms with Gasteiger partial charge in [0.05, 0.1) is 17.6 Å². The summed E-state index contributed by atoms with van der Waals surface area (Å²) in [6.07, 6.45) is 0.643. The Labute approximate surface area is 128 Å². The Morgan fingerprint density at radius 3 is 2.24 bits per heavy atom. The molecule has 4 nitrogen and oxygen atoms in total. The van der Waals surface area contributed by atoms with Crippen molar-refractivity contribution in [2.24, 2.45) is 0 Å². The minimum absolute atomic E-state index is 0.129. The van der Waals surface area contributed by atoms with Crippen molar-refractivity contribution in [3.8, 4) is 5.75 Å². The molecule has 2 atom stereocenters. The van der Waals surface area contributed by atoms with Crippen molar-refractivity contribution >= 4 is 9.84 Å². The molecule has 1 aromatic carbocycles. The van der Waals surface area contributed by atoms with E-state index in [4.69, 9.17) is 4.74 Å². The number of ether oxygens (including phenoxy) is 1. The number of nitrogens with one attached hydrogen (secondary N) is 1. The van der Waals surface area contributed by atoms with E-state index >= 15 is 0 Å². The molecule has 0 aliphatic heterocycles. The van der Waals surface area contributed by atoms with Gasteiger partial charge >= 0.3 is 0 Å². The van der Waals surface area contributed by atoms with Gasteiger partial charge in [-0.25, -0.2) is 8.42 Å². The summed E-state index contributed by atoms with van der Waals surface area (Å²) in [5.41, 5.74) is 0.979. The minimum atomic E-state index is -3.09. The molecule has 1 N–H and O–H groups in total. The predicted octanol–water partition coefficient (Wildman–Crippen LogP) is 2.95. The van der Waals surface area contributed by atoms with Crippen molar-refractivity contribution in [3.05, 3.63) is 29.8 Å². The van der Waals surface area contributed by atoms with Crippen LogP contribution in [0.25, 0.3) is 0 Å². The standard InChI is InChI=1S/C16H27NO3S/c1-5-13(4)21(18,19)12-16(17-6-2)14-8-10-15(11-9-14)20-7-3/h8-11,13,16-17H,5-7,12H2,1-4H3. The van der Waals surface area contributed by atoms with Gasteiger partial charge in [0.15, 0.2) is 9.84 Å². The summed E-state index contributed by atoms with van der Waals surface area (Å²) >= 11 is 0. The van der Waals surface area contributed by atoms with E-state index in [1.165, 1.54) is 0 Å². The third-order valence-corrected chi connectivity index (χ3v) is 5.99. The van der Waals surface area contributed by atoms with Gasteiger partial charge in [-0.1, -0.05) is 26.0 Å². The SMILES string of the molecule is CCNC(CS(=O)(=O)C(C)CC)c1ccc(OCC)cc1. The molecule has 0 aliphatic rings. The summed E-state index contributed by atoms with van der Waals surface area (Å²) in [5, 5.41) is 2.96. The molecule has 0 saturated heterocycles. The Balaban J connectivity index is 2.91. The first-order valence-corrected chi connectivity index (χ1v) is 9.33. The van der Waals surface area contributed by atoms with Gasteiger partial charge in [0.1, 0.15) is 5.75 Å². The maximum atomic E-state index is 12.3. The summed E-state index contributed by atoms with van der Waals surface area (Å²) in [6, 6.07) is 7.47. The smallest absolute Gasteiger partial charge is 0.154 e. The fourth-order valence-electron chi connectivity index (χ4n) is 2.13. The molecule has 0 aliphatic carbocycles. The van der Waals surface area contributed by atoms with Gasteiger partial charge < -0.3 is 10.1 Å². The van der Waals surface area contributed by atoms with E-state index in [0.29, 0.717) is 13.0 Å². The van der Waals surface area contributed by atoms with E-state index in [2.05, 4.69) is 5.32 Å². The van der Waals surface area contributed by atoms with E-state index in [1.807, 2.05) is 45.0 Å². The van der Waals surface area contributed by atoms with Gasteiger partial charge in [-0.05, 0) is 44.5 Å². The largest absolute Gasteiger partial charge is 0.494 e. The lowest BCUT2D eigenvalue weighted by molar-refractivity contribution is 0.340. The van der Waals surface area contributed by atoms with Crippen LogP contribution in [-0.2, 0) is 9.84 Å². The van der Waals surface area contributed by atoms with Crippen LogP contribution in [0.5, 0.6) is 5.75 Å². The summed E-state index contributed by atoms with van der Waals surface area (Å²) in [6.45, 7) is 8.95. The maximum absolute atomic E-state index is 12.3. The number of rotatable bonds is 9. The average molecular weight is 313 g/mol. The highest BCUT2D eigenvalue weighted by Gasteiger charge is 2.24. The monoisotopic (exact) mass is 313 g/mol. The fourth-order valence-corrected chi connectivity index (χ4v) is 3.74. The molecule has 0 fully saturated rings. The maximum Gasteiger partial charge on any atom is 0.154 e. The van der Waals surface area contributed by atoms with Gasteiger partial charge in [-0.15, -0.1) is 0 Å². The third-order valence-electron chi connectivity index (χ3n) is 3.63. The van der Waals surface area contributed by atoms with Crippen LogP contribution in [0.15, 0.2) is 24.3 Å². The number of benzene rings is 1. The molecule has 1 aromatic rings. The zero-order valence-electron chi connectivity index (χ0n) is 13.4. The van der Waals surface area contributed by atoms with Gasteiger partial charge in [-0.2, -0.15) is 0 Å². The Kier molecular flexibility index (Phi) is 7.18. The predicted molar refractivity (Wildman–Crippen MR) is 87.6 cm³/mol. The number of sulfone groups is 1. The summed E-state index contributed by atoms with van der Waals surface area (Å²) in [7, 11) is -3.09. The molecule has 0 radical (unpaired) electrons. The van der Waals surface area contributed by atoms with Gasteiger partial charge in [0.2, 0.25) is 0 Å². The number of hydrogen-bond acceptors (Lipinski definition) is 4. The molecule has 0 aromatic heterocycles. The van der Waals surface area contributed by atoms with Crippen LogP contribution in [-0.4, -0.2) is 32.6 Å². The minimum Gasteiger partial charge on any atom is -0.494 e. The molecule has 21 heavy (non-hydrogen) atoms. The molecule has 1 rings (SSSR count). The zero-order valence-corrected chi connectivity index (χ0v) is 14.2. The van der Waals surface area contributed by atoms with Crippen LogP contribution in [0.2, 0.25) is 0 Å². The molecule has 0 spiro atoms. The lowest BCUT2D eigenvalue weighted by atomic mass is 10.1. The van der Waals surface area contributed by atoms with Crippen LogP contribution in [0.3, 0.4) is 0 Å². The van der Waals surface area contributed by atoms with Crippen LogP contribution in [0, 0.1) is 0 Å². The summed E-state index contributed by atoms with van der Waals surface area (Å²) < 4.78 is 30.1. The van der Waals surface area contributed by atoms with Gasteiger partial charge in [0, 0.05) is 6.04 Å². The van der Waals surface area contributed by atoms with E-state index in [-0.39, 0.29) is 17.0 Å². The van der Waals surface area contributed by atoms with Gasteiger partial charge in [-0.3, -0.25) is 0 Å². The van der Waals surface area contributed by atoms with Crippen LogP contribution >= 0.6 is 0 Å². The highest BCUT2D eigenvalue weighted by Crippen LogP contribution is 2.21. The van der Waals surface area contributed by atoms with Crippen molar-refractivity contribution in [1.29, 1.82) is 0 Å². The quantitative estimate of drug-likeness (QED) is 0.761. The molecular weight excluding hydrogens is 286 g/mol. The molecular formula is C16H27NO3S. The molecule has 0 amide bonds. The van der Waals surface area contributed by atoms with Crippen LogP contribution < -0.4 is 10.1 Å².